The minimum atomic E-state index is -0.529. The van der Waals surface area contributed by atoms with Gasteiger partial charge in [-0.15, -0.1) is 0 Å². The van der Waals surface area contributed by atoms with Crippen LogP contribution in [0.5, 0.6) is 11.5 Å². The van der Waals surface area contributed by atoms with E-state index < -0.39 is 5.91 Å². The number of hydrogen-bond donors (Lipinski definition) is 2. The average Bonchev–Trinajstić information content (AvgIpc) is 3.16. The van der Waals surface area contributed by atoms with E-state index in [1.165, 1.54) is 0 Å². The van der Waals surface area contributed by atoms with Crippen LogP contribution in [0.1, 0.15) is 34.1 Å². The number of carbonyl (C=O) groups excluding carboxylic acids is 3. The van der Waals surface area contributed by atoms with Crippen LogP contribution in [0.25, 0.3) is 0 Å². The molecule has 8 nitrogen and oxygen atoms in total. The van der Waals surface area contributed by atoms with E-state index in [0.29, 0.717) is 34.9 Å². The molecule has 3 rings (SSSR count). The first-order valence-corrected chi connectivity index (χ1v) is 8.86. The van der Waals surface area contributed by atoms with Crippen LogP contribution in [-0.4, -0.2) is 42.5 Å². The van der Waals surface area contributed by atoms with Gasteiger partial charge in [0, 0.05) is 36.3 Å². The van der Waals surface area contributed by atoms with Crippen LogP contribution in [0.4, 0.5) is 5.69 Å². The van der Waals surface area contributed by atoms with Crippen LogP contribution in [0.3, 0.4) is 0 Å². The lowest BCUT2D eigenvalue weighted by Gasteiger charge is -2.21. The number of nitrogens with two attached hydrogens (primary N) is 1. The molecule has 0 saturated heterocycles. The Labute approximate surface area is 162 Å². The summed E-state index contributed by atoms with van der Waals surface area (Å²) in [6.07, 6.45) is 0.141. The minimum absolute atomic E-state index is 0.141. The van der Waals surface area contributed by atoms with Crippen molar-refractivity contribution in [1.82, 2.24) is 4.90 Å². The van der Waals surface area contributed by atoms with Crippen LogP contribution in [-0.2, 0) is 4.79 Å². The highest BCUT2D eigenvalue weighted by Gasteiger charge is 2.20. The molecular formula is C20H21N3O5. The number of fused-ring (bicyclic) bond motifs is 1. The van der Waals surface area contributed by atoms with E-state index in [1.54, 1.807) is 47.4 Å². The summed E-state index contributed by atoms with van der Waals surface area (Å²) in [5.74, 6) is 0.210. The predicted octanol–water partition coefficient (Wildman–Crippen LogP) is 2.01. The number of ether oxygens (including phenoxy) is 2. The van der Waals surface area contributed by atoms with Crippen molar-refractivity contribution in [2.45, 2.75) is 13.3 Å². The standard InChI is InChI=1S/C20H21N3O5/c1-2-23(20(26)14-5-8-16-17(11-14)28-12-27-16)10-9-18(24)22-15-6-3-13(4-7-15)19(21)25/h3-8,11H,2,9-10,12H2,1H3,(H2,21,25)(H,22,24). The number of primary amides is 1. The number of carbonyl (C=O) groups is 3. The van der Waals surface area contributed by atoms with E-state index in [9.17, 15) is 14.4 Å². The van der Waals surface area contributed by atoms with Gasteiger partial charge in [0.1, 0.15) is 0 Å². The molecule has 0 aromatic heterocycles. The number of anilines is 1. The molecule has 0 atom stereocenters. The van der Waals surface area contributed by atoms with Gasteiger partial charge in [-0.1, -0.05) is 0 Å². The molecule has 0 fully saturated rings. The Morgan fingerprint density at radius 2 is 1.71 bits per heavy atom. The molecular weight excluding hydrogens is 362 g/mol. The Morgan fingerprint density at radius 3 is 2.39 bits per heavy atom. The van der Waals surface area contributed by atoms with Crippen molar-refractivity contribution in [2.75, 3.05) is 25.2 Å². The van der Waals surface area contributed by atoms with Gasteiger partial charge in [-0.25, -0.2) is 0 Å². The second-order valence-corrected chi connectivity index (χ2v) is 6.19. The maximum absolute atomic E-state index is 12.7. The van der Waals surface area contributed by atoms with Crippen LogP contribution in [0.2, 0.25) is 0 Å². The lowest BCUT2D eigenvalue weighted by atomic mass is 10.1. The molecule has 28 heavy (non-hydrogen) atoms. The van der Waals surface area contributed by atoms with E-state index in [-0.39, 0.29) is 31.6 Å². The van der Waals surface area contributed by atoms with Crippen LogP contribution < -0.4 is 20.5 Å². The topological polar surface area (TPSA) is 111 Å². The van der Waals surface area contributed by atoms with Gasteiger partial charge in [-0.2, -0.15) is 0 Å². The van der Waals surface area contributed by atoms with Crippen LogP contribution >= 0.6 is 0 Å². The molecule has 0 bridgehead atoms. The Hall–Kier alpha value is -3.55. The molecule has 3 N–H and O–H groups in total. The van der Waals surface area contributed by atoms with Crippen LogP contribution in [0.15, 0.2) is 42.5 Å². The summed E-state index contributed by atoms with van der Waals surface area (Å²) in [5.41, 5.74) is 6.59. The molecule has 0 unspecified atom stereocenters. The van der Waals surface area contributed by atoms with E-state index in [0.717, 1.165) is 0 Å². The lowest BCUT2D eigenvalue weighted by molar-refractivity contribution is -0.116. The quantitative estimate of drug-likeness (QED) is 0.760. The summed E-state index contributed by atoms with van der Waals surface area (Å²) in [6.45, 7) is 2.74. The fourth-order valence-electron chi connectivity index (χ4n) is 2.79. The monoisotopic (exact) mass is 383 g/mol. The maximum atomic E-state index is 12.7. The van der Waals surface area contributed by atoms with Gasteiger partial charge in [0.05, 0.1) is 0 Å². The molecule has 1 aliphatic rings. The summed E-state index contributed by atoms with van der Waals surface area (Å²) in [4.78, 5) is 37.6. The number of rotatable bonds is 7. The molecule has 2 aromatic rings. The first-order chi connectivity index (χ1) is 13.5. The number of nitrogens with one attached hydrogen (secondary N) is 1. The highest BCUT2D eigenvalue weighted by Crippen LogP contribution is 2.32. The van der Waals surface area contributed by atoms with Gasteiger partial charge in [0.2, 0.25) is 18.6 Å². The highest BCUT2D eigenvalue weighted by atomic mass is 16.7. The number of benzene rings is 2. The molecule has 0 radical (unpaired) electrons. The molecule has 2 aromatic carbocycles. The third kappa shape index (κ3) is 4.40. The predicted molar refractivity (Wildman–Crippen MR) is 102 cm³/mol. The Balaban J connectivity index is 1.56. The molecule has 0 spiro atoms. The molecule has 146 valence electrons. The van der Waals surface area contributed by atoms with Crippen molar-refractivity contribution in [3.05, 3.63) is 53.6 Å². The molecule has 3 amide bonds. The van der Waals surface area contributed by atoms with Crippen molar-refractivity contribution < 1.29 is 23.9 Å². The molecule has 0 saturated carbocycles. The first kappa shape index (κ1) is 19.2. The molecule has 1 aliphatic heterocycles. The van der Waals surface area contributed by atoms with Gasteiger partial charge in [0.15, 0.2) is 11.5 Å². The van der Waals surface area contributed by atoms with E-state index in [4.69, 9.17) is 15.2 Å². The van der Waals surface area contributed by atoms with E-state index in [1.807, 2.05) is 6.92 Å². The minimum Gasteiger partial charge on any atom is -0.454 e. The second-order valence-electron chi connectivity index (χ2n) is 6.19. The van der Waals surface area contributed by atoms with Gasteiger partial charge >= 0.3 is 0 Å². The SMILES string of the molecule is CCN(CCC(=O)Nc1ccc(C(N)=O)cc1)C(=O)c1ccc2c(c1)OCO2. The number of hydrogen-bond acceptors (Lipinski definition) is 5. The van der Waals surface area contributed by atoms with E-state index >= 15 is 0 Å². The highest BCUT2D eigenvalue weighted by molar-refractivity contribution is 5.96. The molecule has 8 heteroatoms. The van der Waals surface area contributed by atoms with Gasteiger partial charge < -0.3 is 25.4 Å². The fraction of sp³-hybridized carbons (Fsp3) is 0.250. The fourth-order valence-corrected chi connectivity index (χ4v) is 2.79. The van der Waals surface area contributed by atoms with Gasteiger partial charge in [-0.05, 0) is 49.4 Å². The van der Waals surface area contributed by atoms with Crippen molar-refractivity contribution in [3.63, 3.8) is 0 Å². The normalized spacial score (nSPS) is 11.8. The zero-order valence-electron chi connectivity index (χ0n) is 15.4. The Morgan fingerprint density at radius 1 is 1.04 bits per heavy atom. The number of nitrogens with zero attached hydrogens (tertiary/aromatic N) is 1. The molecule has 0 aliphatic carbocycles. The third-order valence-corrected chi connectivity index (χ3v) is 4.35. The van der Waals surface area contributed by atoms with Crippen molar-refractivity contribution in [2.24, 2.45) is 5.73 Å². The van der Waals surface area contributed by atoms with Crippen molar-refractivity contribution in [1.29, 1.82) is 0 Å². The number of amides is 3. The van der Waals surface area contributed by atoms with Crippen molar-refractivity contribution in [3.8, 4) is 11.5 Å². The zero-order valence-corrected chi connectivity index (χ0v) is 15.4. The van der Waals surface area contributed by atoms with E-state index in [2.05, 4.69) is 5.32 Å². The molecule has 1 heterocycles. The van der Waals surface area contributed by atoms with Crippen LogP contribution in [0, 0.1) is 0 Å². The second kappa shape index (κ2) is 8.43. The summed E-state index contributed by atoms with van der Waals surface area (Å²) >= 11 is 0. The summed E-state index contributed by atoms with van der Waals surface area (Å²) < 4.78 is 10.6. The zero-order chi connectivity index (χ0) is 20.1. The summed E-state index contributed by atoms with van der Waals surface area (Å²) in [5, 5.41) is 2.73. The average molecular weight is 383 g/mol. The smallest absolute Gasteiger partial charge is 0.253 e. The summed E-state index contributed by atoms with van der Waals surface area (Å²) in [7, 11) is 0. The summed E-state index contributed by atoms with van der Waals surface area (Å²) in [6, 6.07) is 11.3. The third-order valence-electron chi connectivity index (χ3n) is 4.35. The largest absolute Gasteiger partial charge is 0.454 e. The van der Waals surface area contributed by atoms with Gasteiger partial charge in [0.25, 0.3) is 5.91 Å². The Bertz CT molecular complexity index is 895. The Kier molecular flexibility index (Phi) is 5.78. The van der Waals surface area contributed by atoms with Crippen molar-refractivity contribution >= 4 is 23.4 Å². The maximum Gasteiger partial charge on any atom is 0.253 e. The first-order valence-electron chi connectivity index (χ1n) is 8.86. The van der Waals surface area contributed by atoms with Gasteiger partial charge in [-0.3, -0.25) is 14.4 Å². The lowest BCUT2D eigenvalue weighted by Crippen LogP contribution is -2.33.